The van der Waals surface area contributed by atoms with E-state index in [0.717, 1.165) is 33.1 Å². The summed E-state index contributed by atoms with van der Waals surface area (Å²) in [6.07, 6.45) is 2.39. The van der Waals surface area contributed by atoms with E-state index in [0.29, 0.717) is 5.88 Å². The van der Waals surface area contributed by atoms with E-state index in [1.165, 1.54) is 0 Å². The van der Waals surface area contributed by atoms with Gasteiger partial charge in [-0.3, -0.25) is 0 Å². The molecule has 0 aliphatic carbocycles. The molecule has 1 aromatic carbocycles. The van der Waals surface area contributed by atoms with Crippen LogP contribution in [0.2, 0.25) is 0 Å². The molecule has 4 heteroatoms. The molecule has 1 nitrogen and oxygen atoms in total. The van der Waals surface area contributed by atoms with Gasteiger partial charge in [0.15, 0.2) is 0 Å². The average molecular weight is 371 g/mol. The van der Waals surface area contributed by atoms with Gasteiger partial charge in [0, 0.05) is 5.88 Å². The summed E-state index contributed by atoms with van der Waals surface area (Å²) in [7, 11) is 0. The molecule has 0 bridgehead atoms. The van der Waals surface area contributed by atoms with Crippen LogP contribution in [0, 0.1) is 0 Å². The summed E-state index contributed by atoms with van der Waals surface area (Å²) < 4.78 is 7.77. The van der Waals surface area contributed by atoms with Crippen LogP contribution in [-0.2, 0) is 5.88 Å². The van der Waals surface area contributed by atoms with Gasteiger partial charge in [0.1, 0.15) is 5.75 Å². The van der Waals surface area contributed by atoms with Crippen LogP contribution in [0.1, 0.15) is 32.3 Å². The third kappa shape index (κ3) is 3.94. The van der Waals surface area contributed by atoms with Crippen LogP contribution in [-0.4, -0.2) is 6.10 Å². The Morgan fingerprint density at radius 2 is 1.88 bits per heavy atom. The summed E-state index contributed by atoms with van der Waals surface area (Å²) in [5, 5.41) is 0. The molecule has 0 aliphatic rings. The maximum atomic E-state index is 5.88. The molecule has 0 radical (unpaired) electrons. The highest BCUT2D eigenvalue weighted by Crippen LogP contribution is 2.36. The van der Waals surface area contributed by atoms with E-state index in [1.54, 1.807) is 0 Å². The van der Waals surface area contributed by atoms with E-state index in [9.17, 15) is 0 Å². The van der Waals surface area contributed by atoms with Crippen LogP contribution in [0.5, 0.6) is 5.75 Å². The molecule has 0 fully saturated rings. The predicted octanol–water partition coefficient (Wildman–Crippen LogP) is 5.52. The van der Waals surface area contributed by atoms with E-state index in [1.807, 2.05) is 12.1 Å². The number of hydrogen-bond acceptors (Lipinski definition) is 1. The lowest BCUT2D eigenvalue weighted by atomic mass is 10.2. The Bertz CT molecular complexity index is 332. The van der Waals surface area contributed by atoms with Crippen LogP contribution in [0.25, 0.3) is 0 Å². The zero-order valence-corrected chi connectivity index (χ0v) is 13.3. The van der Waals surface area contributed by atoms with Gasteiger partial charge >= 0.3 is 0 Å². The van der Waals surface area contributed by atoms with Crippen molar-refractivity contribution >= 4 is 43.5 Å². The lowest BCUT2D eigenvalue weighted by Crippen LogP contribution is -2.11. The molecular weight excluding hydrogens is 355 g/mol. The molecule has 1 aromatic rings. The van der Waals surface area contributed by atoms with Gasteiger partial charge in [-0.15, -0.1) is 11.6 Å². The van der Waals surface area contributed by atoms with E-state index >= 15 is 0 Å². The minimum atomic E-state index is 0.222. The van der Waals surface area contributed by atoms with E-state index < -0.39 is 0 Å². The maximum Gasteiger partial charge on any atom is 0.148 e. The van der Waals surface area contributed by atoms with Crippen molar-refractivity contribution in [2.75, 3.05) is 0 Å². The highest BCUT2D eigenvalue weighted by atomic mass is 79.9. The van der Waals surface area contributed by atoms with Crippen LogP contribution in [0.4, 0.5) is 0 Å². The normalized spacial score (nSPS) is 12.6. The van der Waals surface area contributed by atoms with Crippen LogP contribution in [0.15, 0.2) is 21.1 Å². The molecule has 0 N–H and O–H groups in total. The number of benzene rings is 1. The molecule has 0 heterocycles. The quantitative estimate of drug-likeness (QED) is 0.620. The van der Waals surface area contributed by atoms with Crippen molar-refractivity contribution < 1.29 is 4.74 Å². The van der Waals surface area contributed by atoms with Gasteiger partial charge in [0.25, 0.3) is 0 Å². The fraction of sp³-hybridized carbons (Fsp3) is 0.500. The second-order valence-electron chi connectivity index (χ2n) is 3.74. The molecule has 0 amide bonds. The van der Waals surface area contributed by atoms with Crippen LogP contribution in [0.3, 0.4) is 0 Å². The average Bonchev–Trinajstić information content (AvgIpc) is 2.23. The number of halogens is 3. The summed E-state index contributed by atoms with van der Waals surface area (Å²) in [5.74, 6) is 1.36. The van der Waals surface area contributed by atoms with Crippen molar-refractivity contribution in [3.8, 4) is 5.75 Å². The van der Waals surface area contributed by atoms with Gasteiger partial charge in [-0.05, 0) is 62.9 Å². The van der Waals surface area contributed by atoms with Gasteiger partial charge in [-0.1, -0.05) is 13.3 Å². The molecule has 0 saturated heterocycles. The third-order valence-electron chi connectivity index (χ3n) is 2.23. The Labute approximate surface area is 119 Å². The summed E-state index contributed by atoms with van der Waals surface area (Å²) in [4.78, 5) is 0. The fourth-order valence-corrected chi connectivity index (χ4v) is 3.09. The molecule has 1 rings (SSSR count). The lowest BCUT2D eigenvalue weighted by Gasteiger charge is -2.17. The predicted molar refractivity (Wildman–Crippen MR) is 76.4 cm³/mol. The molecule has 0 aromatic heterocycles. The van der Waals surface area contributed by atoms with Crippen molar-refractivity contribution in [3.05, 3.63) is 26.6 Å². The van der Waals surface area contributed by atoms with Crippen LogP contribution >= 0.6 is 43.5 Å². The first-order chi connectivity index (χ1) is 7.58. The first-order valence-corrected chi connectivity index (χ1v) is 7.41. The van der Waals surface area contributed by atoms with Gasteiger partial charge in [0.05, 0.1) is 15.0 Å². The Morgan fingerprint density at radius 1 is 1.31 bits per heavy atom. The topological polar surface area (TPSA) is 9.23 Å². The Balaban J connectivity index is 2.87. The minimum Gasteiger partial charge on any atom is -0.488 e. The third-order valence-corrected chi connectivity index (χ3v) is 3.71. The Kier molecular flexibility index (Phi) is 6.16. The lowest BCUT2D eigenvalue weighted by molar-refractivity contribution is 0.207. The Morgan fingerprint density at radius 3 is 2.31 bits per heavy atom. The van der Waals surface area contributed by atoms with Crippen LogP contribution < -0.4 is 4.74 Å². The summed E-state index contributed by atoms with van der Waals surface area (Å²) >= 11 is 12.8. The zero-order valence-electron chi connectivity index (χ0n) is 9.40. The summed E-state index contributed by atoms with van der Waals surface area (Å²) in [6, 6.07) is 3.98. The van der Waals surface area contributed by atoms with Crippen molar-refractivity contribution in [3.63, 3.8) is 0 Å². The molecule has 1 unspecified atom stereocenters. The zero-order chi connectivity index (χ0) is 12.1. The molecule has 1 atom stereocenters. The largest absolute Gasteiger partial charge is 0.488 e. The van der Waals surface area contributed by atoms with Gasteiger partial charge in [-0.2, -0.15) is 0 Å². The molecular formula is C12H15Br2ClO. The molecule has 90 valence electrons. The first-order valence-electron chi connectivity index (χ1n) is 5.29. The van der Waals surface area contributed by atoms with E-state index in [2.05, 4.69) is 45.7 Å². The fourth-order valence-electron chi connectivity index (χ4n) is 1.47. The second-order valence-corrected chi connectivity index (χ2v) is 5.72. The first kappa shape index (κ1) is 14.3. The number of hydrogen-bond donors (Lipinski definition) is 0. The number of ether oxygens (including phenoxy) is 1. The Hall–Kier alpha value is 0.270. The highest BCUT2D eigenvalue weighted by molar-refractivity contribution is 9.11. The maximum absolute atomic E-state index is 5.88. The molecule has 0 spiro atoms. The summed E-state index contributed by atoms with van der Waals surface area (Å²) in [5.41, 5.74) is 1.07. The minimum absolute atomic E-state index is 0.222. The van der Waals surface area contributed by atoms with Gasteiger partial charge in [-0.25, -0.2) is 0 Å². The van der Waals surface area contributed by atoms with E-state index in [4.69, 9.17) is 16.3 Å². The van der Waals surface area contributed by atoms with Crippen molar-refractivity contribution in [2.45, 2.75) is 38.7 Å². The molecule has 0 saturated carbocycles. The van der Waals surface area contributed by atoms with E-state index in [-0.39, 0.29) is 6.10 Å². The van der Waals surface area contributed by atoms with Gasteiger partial charge < -0.3 is 4.74 Å². The standard InChI is InChI=1S/C12H15Br2ClO/c1-3-4-8(2)16-12-10(13)5-9(7-15)6-11(12)14/h5-6,8H,3-4,7H2,1-2H3. The number of rotatable bonds is 5. The second kappa shape index (κ2) is 6.87. The summed E-state index contributed by atoms with van der Waals surface area (Å²) in [6.45, 7) is 4.23. The monoisotopic (exact) mass is 368 g/mol. The number of alkyl halides is 1. The smallest absolute Gasteiger partial charge is 0.148 e. The SMILES string of the molecule is CCCC(C)Oc1c(Br)cc(CCl)cc1Br. The highest BCUT2D eigenvalue weighted by Gasteiger charge is 2.11. The van der Waals surface area contributed by atoms with Gasteiger partial charge in [0.2, 0.25) is 0 Å². The molecule has 0 aliphatic heterocycles. The van der Waals surface area contributed by atoms with Crippen molar-refractivity contribution in [1.29, 1.82) is 0 Å². The van der Waals surface area contributed by atoms with Crippen molar-refractivity contribution in [2.24, 2.45) is 0 Å². The van der Waals surface area contributed by atoms with Crippen molar-refractivity contribution in [1.82, 2.24) is 0 Å². The molecule has 16 heavy (non-hydrogen) atoms.